The van der Waals surface area contributed by atoms with E-state index in [2.05, 4.69) is 6.07 Å². The molecular formula is C23H37NO4. The highest BCUT2D eigenvalue weighted by atomic mass is 16.5. The lowest BCUT2D eigenvalue weighted by molar-refractivity contribution is -0.174. The molecule has 0 spiro atoms. The van der Waals surface area contributed by atoms with Gasteiger partial charge in [-0.05, 0) is 50.9 Å². The second-order valence-corrected chi connectivity index (χ2v) is 8.43. The lowest BCUT2D eigenvalue weighted by Crippen LogP contribution is -2.52. The Morgan fingerprint density at radius 1 is 1.00 bits per heavy atom. The summed E-state index contributed by atoms with van der Waals surface area (Å²) >= 11 is 0. The van der Waals surface area contributed by atoms with Gasteiger partial charge in [-0.2, -0.15) is 5.26 Å². The Morgan fingerprint density at radius 3 is 2.14 bits per heavy atom. The van der Waals surface area contributed by atoms with E-state index in [0.717, 1.165) is 77.0 Å². The molecule has 0 aromatic carbocycles. The lowest BCUT2D eigenvalue weighted by Gasteiger charge is -2.43. The van der Waals surface area contributed by atoms with Gasteiger partial charge in [0.1, 0.15) is 0 Å². The molecule has 0 N–H and O–H groups in total. The van der Waals surface area contributed by atoms with E-state index < -0.39 is 17.3 Å². The highest BCUT2D eigenvalue weighted by Gasteiger charge is 2.59. The quantitative estimate of drug-likeness (QED) is 0.400. The van der Waals surface area contributed by atoms with Gasteiger partial charge in [-0.1, -0.05) is 51.9 Å². The van der Waals surface area contributed by atoms with Crippen LogP contribution in [-0.4, -0.2) is 25.2 Å². The fraction of sp³-hybridized carbons (Fsp3) is 0.870. The van der Waals surface area contributed by atoms with Crippen molar-refractivity contribution < 1.29 is 19.1 Å². The molecule has 0 radical (unpaired) electrons. The van der Waals surface area contributed by atoms with Crippen molar-refractivity contribution in [1.82, 2.24) is 0 Å². The number of unbranched alkanes of at least 4 members (excludes halogenated alkanes) is 1. The maximum absolute atomic E-state index is 13.3. The number of ether oxygens (including phenoxy) is 2. The molecule has 0 amide bonds. The van der Waals surface area contributed by atoms with Crippen LogP contribution in [0, 0.1) is 34.5 Å². The molecule has 0 aliphatic heterocycles. The molecule has 5 heteroatoms. The normalized spacial score (nSPS) is 21.9. The fourth-order valence-electron chi connectivity index (χ4n) is 5.19. The number of nitriles is 1. The highest BCUT2D eigenvalue weighted by Crippen LogP contribution is 2.50. The molecule has 0 heterocycles. The summed E-state index contributed by atoms with van der Waals surface area (Å²) in [5, 5.41) is 10.4. The Bertz CT molecular complexity index is 543. The van der Waals surface area contributed by atoms with Crippen LogP contribution in [-0.2, 0) is 19.1 Å². The summed E-state index contributed by atoms with van der Waals surface area (Å²) in [6.07, 6.45) is 11.4. The Balaban J connectivity index is 2.43. The molecule has 0 bridgehead atoms. The highest BCUT2D eigenvalue weighted by molar-refractivity contribution is 5.88. The van der Waals surface area contributed by atoms with Crippen molar-refractivity contribution in [3.05, 3.63) is 0 Å². The van der Waals surface area contributed by atoms with Gasteiger partial charge in [0.15, 0.2) is 5.41 Å². The van der Waals surface area contributed by atoms with E-state index >= 15 is 0 Å². The van der Waals surface area contributed by atoms with Crippen molar-refractivity contribution >= 4 is 11.9 Å². The number of carbonyl (C=O) groups excluding carboxylic acids is 2. The van der Waals surface area contributed by atoms with Crippen LogP contribution in [0.3, 0.4) is 0 Å². The first-order valence-corrected chi connectivity index (χ1v) is 11.4. The van der Waals surface area contributed by atoms with Crippen molar-refractivity contribution in [2.24, 2.45) is 23.2 Å². The summed E-state index contributed by atoms with van der Waals surface area (Å²) in [5.41, 5.74) is -1.41. The van der Waals surface area contributed by atoms with Crippen LogP contribution >= 0.6 is 0 Å². The summed E-state index contributed by atoms with van der Waals surface area (Å²) < 4.78 is 11.1. The van der Waals surface area contributed by atoms with E-state index in [4.69, 9.17) is 9.47 Å². The molecule has 2 fully saturated rings. The van der Waals surface area contributed by atoms with E-state index in [9.17, 15) is 14.9 Å². The molecule has 2 atom stereocenters. The summed E-state index contributed by atoms with van der Waals surface area (Å²) in [6, 6.07) is 2.36. The van der Waals surface area contributed by atoms with Gasteiger partial charge >= 0.3 is 11.9 Å². The summed E-state index contributed by atoms with van der Waals surface area (Å²) in [6.45, 7) is 4.38. The molecule has 158 valence electrons. The van der Waals surface area contributed by atoms with Gasteiger partial charge in [-0.15, -0.1) is 0 Å². The minimum atomic E-state index is -1.41. The van der Waals surface area contributed by atoms with Crippen molar-refractivity contribution in [1.29, 1.82) is 5.26 Å². The smallest absolute Gasteiger partial charge is 0.327 e. The van der Waals surface area contributed by atoms with Crippen molar-refractivity contribution in [3.63, 3.8) is 0 Å². The minimum Gasteiger partial charge on any atom is -0.465 e. The van der Waals surface area contributed by atoms with E-state index in [0.29, 0.717) is 6.61 Å². The second kappa shape index (κ2) is 11.4. The number of hydrogen-bond acceptors (Lipinski definition) is 5. The standard InChI is InChI=1S/C23H37NO4/c1-3-5-16-28-21(25)20(18-12-8-6-9-13-18)23(17-24,22(26)27-4-2)19-14-10-7-11-15-19/h18-20H,3-16H2,1-2H3. The second-order valence-electron chi connectivity index (χ2n) is 8.43. The van der Waals surface area contributed by atoms with Crippen molar-refractivity contribution in [2.45, 2.75) is 90.9 Å². The van der Waals surface area contributed by atoms with Gasteiger partial charge in [0.2, 0.25) is 0 Å². The third-order valence-electron chi connectivity index (χ3n) is 6.66. The number of carbonyl (C=O) groups is 2. The van der Waals surface area contributed by atoms with Crippen LogP contribution in [0.15, 0.2) is 0 Å². The first-order chi connectivity index (χ1) is 13.6. The number of esters is 2. The maximum atomic E-state index is 13.3. The topological polar surface area (TPSA) is 76.4 Å². The third kappa shape index (κ3) is 5.07. The zero-order valence-electron chi connectivity index (χ0n) is 17.7. The van der Waals surface area contributed by atoms with Gasteiger partial charge in [0.25, 0.3) is 0 Å². The zero-order valence-corrected chi connectivity index (χ0v) is 17.7. The van der Waals surface area contributed by atoms with E-state index in [1.807, 2.05) is 6.92 Å². The summed E-state index contributed by atoms with van der Waals surface area (Å²) in [5.74, 6) is -1.69. The average molecular weight is 392 g/mol. The van der Waals surface area contributed by atoms with Crippen LogP contribution in [0.4, 0.5) is 0 Å². The van der Waals surface area contributed by atoms with Crippen LogP contribution < -0.4 is 0 Å². The molecule has 28 heavy (non-hydrogen) atoms. The largest absolute Gasteiger partial charge is 0.465 e. The molecule has 2 aliphatic carbocycles. The van der Waals surface area contributed by atoms with E-state index in [-0.39, 0.29) is 24.4 Å². The molecule has 0 aromatic heterocycles. The first-order valence-electron chi connectivity index (χ1n) is 11.4. The first kappa shape index (κ1) is 22.7. The predicted molar refractivity (Wildman–Crippen MR) is 107 cm³/mol. The lowest BCUT2D eigenvalue weighted by atomic mass is 9.57. The van der Waals surface area contributed by atoms with Gasteiger partial charge in [-0.25, -0.2) is 0 Å². The van der Waals surface area contributed by atoms with Gasteiger partial charge < -0.3 is 9.47 Å². The van der Waals surface area contributed by atoms with Crippen LogP contribution in [0.25, 0.3) is 0 Å². The van der Waals surface area contributed by atoms with Gasteiger partial charge in [-0.3, -0.25) is 9.59 Å². The van der Waals surface area contributed by atoms with Crippen LogP contribution in [0.2, 0.25) is 0 Å². The van der Waals surface area contributed by atoms with Crippen molar-refractivity contribution in [2.75, 3.05) is 13.2 Å². The number of hydrogen-bond donors (Lipinski definition) is 0. The average Bonchev–Trinajstić information content (AvgIpc) is 2.73. The number of rotatable bonds is 9. The third-order valence-corrected chi connectivity index (χ3v) is 6.66. The van der Waals surface area contributed by atoms with E-state index in [1.54, 1.807) is 6.92 Å². The Hall–Kier alpha value is -1.57. The molecule has 5 nitrogen and oxygen atoms in total. The monoisotopic (exact) mass is 391 g/mol. The summed E-state index contributed by atoms with van der Waals surface area (Å²) in [4.78, 5) is 26.6. The molecular weight excluding hydrogens is 354 g/mol. The SMILES string of the molecule is CCCCOC(=O)C(C1CCCCC1)C(C#N)(C(=O)OCC)C1CCCCC1. The van der Waals surface area contributed by atoms with Crippen LogP contribution in [0.5, 0.6) is 0 Å². The molecule has 2 rings (SSSR count). The summed E-state index contributed by atoms with van der Waals surface area (Å²) in [7, 11) is 0. The molecule has 0 saturated heterocycles. The fourth-order valence-corrected chi connectivity index (χ4v) is 5.19. The Morgan fingerprint density at radius 2 is 1.61 bits per heavy atom. The molecule has 2 unspecified atom stereocenters. The molecule has 0 aromatic rings. The van der Waals surface area contributed by atoms with Gasteiger partial charge in [0, 0.05) is 0 Å². The van der Waals surface area contributed by atoms with Crippen molar-refractivity contribution in [3.8, 4) is 6.07 Å². The zero-order chi connectivity index (χ0) is 20.4. The molecule has 2 aliphatic rings. The molecule has 2 saturated carbocycles. The Labute approximate surface area is 170 Å². The minimum absolute atomic E-state index is 0.0221. The predicted octanol–water partition coefficient (Wildman–Crippen LogP) is 5.18. The van der Waals surface area contributed by atoms with Crippen LogP contribution in [0.1, 0.15) is 90.9 Å². The van der Waals surface area contributed by atoms with E-state index in [1.165, 1.54) is 0 Å². The number of nitrogens with zero attached hydrogens (tertiary/aromatic N) is 1. The Kier molecular flexibility index (Phi) is 9.28. The van der Waals surface area contributed by atoms with Gasteiger partial charge in [0.05, 0.1) is 25.2 Å². The maximum Gasteiger partial charge on any atom is 0.327 e.